The molecule has 0 aliphatic rings. The molecule has 2 aromatic heterocycles. The van der Waals surface area contributed by atoms with Gasteiger partial charge in [0.05, 0.1) is 11.8 Å². The van der Waals surface area contributed by atoms with E-state index in [1.54, 1.807) is 0 Å². The minimum Gasteiger partial charge on any atom is -0.350 e. The van der Waals surface area contributed by atoms with E-state index < -0.39 is 0 Å². The summed E-state index contributed by atoms with van der Waals surface area (Å²) in [7, 11) is 0. The van der Waals surface area contributed by atoms with E-state index in [0.717, 1.165) is 15.6 Å². The van der Waals surface area contributed by atoms with Gasteiger partial charge < -0.3 is 5.32 Å². The highest BCUT2D eigenvalue weighted by Crippen LogP contribution is 2.29. The first kappa shape index (κ1) is 15.5. The van der Waals surface area contributed by atoms with E-state index in [0.29, 0.717) is 16.8 Å². The lowest BCUT2D eigenvalue weighted by Crippen LogP contribution is -2.31. The molecule has 2 heterocycles. The van der Waals surface area contributed by atoms with Crippen LogP contribution in [0.4, 0.5) is 0 Å². The number of amides is 1. The van der Waals surface area contributed by atoms with Crippen LogP contribution in [0.1, 0.15) is 5.56 Å². The minimum atomic E-state index is -0.215. The topological polar surface area (TPSA) is 64.0 Å². The summed E-state index contributed by atoms with van der Waals surface area (Å²) in [5.41, 5.74) is 1.54. The second kappa shape index (κ2) is 6.49. The molecule has 0 saturated carbocycles. The average molecular weight is 349 g/mol. The molecule has 0 bridgehead atoms. The molecule has 1 N–H and O–H groups in total. The number of nitrogens with zero attached hydrogens (tertiary/aromatic N) is 2. The zero-order chi connectivity index (χ0) is 17.2. The SMILES string of the molecule is O=C(Cn1cnc2c(sc3ccccc32)c1=O)NCc1ccccc1. The number of hydrogen-bond donors (Lipinski definition) is 1. The number of hydrogen-bond acceptors (Lipinski definition) is 4. The highest BCUT2D eigenvalue weighted by atomic mass is 32.1. The van der Waals surface area contributed by atoms with E-state index in [1.165, 1.54) is 22.2 Å². The highest BCUT2D eigenvalue weighted by Gasteiger charge is 2.12. The Balaban J connectivity index is 1.57. The van der Waals surface area contributed by atoms with Gasteiger partial charge in [0.2, 0.25) is 5.91 Å². The molecule has 0 aliphatic carbocycles. The van der Waals surface area contributed by atoms with Crippen molar-refractivity contribution in [2.24, 2.45) is 0 Å². The Kier molecular flexibility index (Phi) is 4.03. The van der Waals surface area contributed by atoms with Gasteiger partial charge in [-0.3, -0.25) is 14.2 Å². The number of aromatic nitrogens is 2. The lowest BCUT2D eigenvalue weighted by Gasteiger charge is -2.07. The van der Waals surface area contributed by atoms with Crippen LogP contribution in [-0.2, 0) is 17.9 Å². The molecular weight excluding hydrogens is 334 g/mol. The fourth-order valence-corrected chi connectivity index (χ4v) is 3.84. The van der Waals surface area contributed by atoms with Gasteiger partial charge in [0.1, 0.15) is 11.2 Å². The number of carbonyl (C=O) groups is 1. The number of fused-ring (bicyclic) bond motifs is 3. The van der Waals surface area contributed by atoms with Gasteiger partial charge in [-0.1, -0.05) is 48.5 Å². The third-order valence-corrected chi connectivity index (χ3v) is 5.15. The molecule has 6 heteroatoms. The Morgan fingerprint density at radius 3 is 2.68 bits per heavy atom. The summed E-state index contributed by atoms with van der Waals surface area (Å²) in [4.78, 5) is 29.2. The molecule has 1 amide bonds. The molecule has 4 aromatic rings. The van der Waals surface area contributed by atoms with E-state index in [9.17, 15) is 9.59 Å². The van der Waals surface area contributed by atoms with E-state index in [-0.39, 0.29) is 18.0 Å². The van der Waals surface area contributed by atoms with Crippen molar-refractivity contribution in [3.63, 3.8) is 0 Å². The summed E-state index contributed by atoms with van der Waals surface area (Å²) in [6.45, 7) is 0.399. The number of benzene rings is 2. The second-order valence-electron chi connectivity index (χ2n) is 5.72. The summed E-state index contributed by atoms with van der Waals surface area (Å²) in [5, 5.41) is 3.80. The lowest BCUT2D eigenvalue weighted by molar-refractivity contribution is -0.121. The van der Waals surface area contributed by atoms with Crippen LogP contribution in [0.25, 0.3) is 20.3 Å². The Morgan fingerprint density at radius 1 is 1.08 bits per heavy atom. The fraction of sp³-hybridized carbons (Fsp3) is 0.105. The van der Waals surface area contributed by atoms with Gasteiger partial charge in [0, 0.05) is 16.6 Å². The van der Waals surface area contributed by atoms with Crippen molar-refractivity contribution >= 4 is 37.5 Å². The first-order valence-corrected chi connectivity index (χ1v) is 8.71. The lowest BCUT2D eigenvalue weighted by atomic mass is 10.2. The predicted molar refractivity (Wildman–Crippen MR) is 99.7 cm³/mol. The van der Waals surface area contributed by atoms with Crippen LogP contribution in [0.2, 0.25) is 0 Å². The van der Waals surface area contributed by atoms with Crippen LogP contribution < -0.4 is 10.9 Å². The summed E-state index contributed by atoms with van der Waals surface area (Å²) in [6.07, 6.45) is 1.45. The molecule has 0 saturated heterocycles. The Hall–Kier alpha value is -2.99. The first-order chi connectivity index (χ1) is 12.2. The van der Waals surface area contributed by atoms with E-state index in [4.69, 9.17) is 0 Å². The van der Waals surface area contributed by atoms with Crippen LogP contribution in [0.15, 0.2) is 65.7 Å². The largest absolute Gasteiger partial charge is 0.350 e. The average Bonchev–Trinajstić information content (AvgIpc) is 3.03. The molecule has 2 aromatic carbocycles. The molecule has 0 aliphatic heterocycles. The van der Waals surface area contributed by atoms with Crippen molar-refractivity contribution in [2.75, 3.05) is 0 Å². The maximum absolute atomic E-state index is 12.7. The third-order valence-electron chi connectivity index (χ3n) is 4.00. The Bertz CT molecular complexity index is 1120. The van der Waals surface area contributed by atoms with Crippen LogP contribution in [0.3, 0.4) is 0 Å². The zero-order valence-electron chi connectivity index (χ0n) is 13.3. The van der Waals surface area contributed by atoms with Crippen molar-refractivity contribution in [3.05, 3.63) is 76.8 Å². The smallest absolute Gasteiger partial charge is 0.271 e. The van der Waals surface area contributed by atoms with Gasteiger partial charge >= 0.3 is 0 Å². The van der Waals surface area contributed by atoms with Gasteiger partial charge in [-0.15, -0.1) is 11.3 Å². The normalized spacial score (nSPS) is 11.0. The molecule has 4 rings (SSSR count). The van der Waals surface area contributed by atoms with E-state index >= 15 is 0 Å². The summed E-state index contributed by atoms with van der Waals surface area (Å²) in [6, 6.07) is 17.4. The van der Waals surface area contributed by atoms with Crippen molar-refractivity contribution in [3.8, 4) is 0 Å². The van der Waals surface area contributed by atoms with Crippen LogP contribution in [-0.4, -0.2) is 15.5 Å². The van der Waals surface area contributed by atoms with Gasteiger partial charge in [0.15, 0.2) is 0 Å². The molecule has 0 spiro atoms. The van der Waals surface area contributed by atoms with Gasteiger partial charge in [0.25, 0.3) is 5.56 Å². The molecular formula is C19H15N3O2S. The Labute approximate surface area is 147 Å². The number of thiophene rings is 1. The summed E-state index contributed by atoms with van der Waals surface area (Å²) < 4.78 is 2.96. The number of carbonyl (C=O) groups excluding carboxylic acids is 1. The summed E-state index contributed by atoms with van der Waals surface area (Å²) in [5.74, 6) is -0.215. The molecule has 5 nitrogen and oxygen atoms in total. The van der Waals surface area contributed by atoms with Crippen molar-refractivity contribution in [1.82, 2.24) is 14.9 Å². The number of rotatable bonds is 4. The maximum Gasteiger partial charge on any atom is 0.271 e. The minimum absolute atomic E-state index is 0.0388. The van der Waals surface area contributed by atoms with E-state index in [2.05, 4.69) is 10.3 Å². The van der Waals surface area contributed by atoms with Crippen molar-refractivity contribution in [2.45, 2.75) is 13.1 Å². The maximum atomic E-state index is 12.7. The zero-order valence-corrected chi connectivity index (χ0v) is 14.1. The molecule has 0 unspecified atom stereocenters. The molecule has 0 atom stereocenters. The van der Waals surface area contributed by atoms with Crippen molar-refractivity contribution in [1.29, 1.82) is 0 Å². The Morgan fingerprint density at radius 2 is 1.84 bits per heavy atom. The summed E-state index contributed by atoms with van der Waals surface area (Å²) >= 11 is 1.41. The molecule has 25 heavy (non-hydrogen) atoms. The monoisotopic (exact) mass is 349 g/mol. The van der Waals surface area contributed by atoms with Crippen LogP contribution in [0.5, 0.6) is 0 Å². The number of nitrogens with one attached hydrogen (secondary N) is 1. The fourth-order valence-electron chi connectivity index (χ4n) is 2.74. The highest BCUT2D eigenvalue weighted by molar-refractivity contribution is 7.25. The molecule has 124 valence electrons. The third kappa shape index (κ3) is 3.04. The molecule has 0 fully saturated rings. The van der Waals surface area contributed by atoms with Gasteiger partial charge in [-0.05, 0) is 11.6 Å². The van der Waals surface area contributed by atoms with Gasteiger partial charge in [-0.2, -0.15) is 0 Å². The second-order valence-corrected chi connectivity index (χ2v) is 6.77. The van der Waals surface area contributed by atoms with E-state index in [1.807, 2.05) is 54.6 Å². The quantitative estimate of drug-likeness (QED) is 0.616. The van der Waals surface area contributed by atoms with Crippen LogP contribution in [0, 0.1) is 0 Å². The molecule has 0 radical (unpaired) electrons. The predicted octanol–water partition coefficient (Wildman–Crippen LogP) is 2.93. The van der Waals surface area contributed by atoms with Crippen molar-refractivity contribution < 1.29 is 4.79 Å². The standard InChI is InChI=1S/C19H15N3O2S/c23-16(20-10-13-6-2-1-3-7-13)11-22-12-21-17-14-8-4-5-9-15(14)25-18(17)19(22)24/h1-9,12H,10-11H2,(H,20,23). The first-order valence-electron chi connectivity index (χ1n) is 7.90. The van der Waals surface area contributed by atoms with Gasteiger partial charge in [-0.25, -0.2) is 4.98 Å². The van der Waals surface area contributed by atoms with Crippen LogP contribution >= 0.6 is 11.3 Å².